The number of nitrogens with zero attached hydrogens (tertiary/aromatic N) is 4. The van der Waals surface area contributed by atoms with E-state index in [4.69, 9.17) is 30.5 Å². The molecule has 0 radical (unpaired) electrons. The van der Waals surface area contributed by atoms with Gasteiger partial charge in [-0.25, -0.2) is 18.1 Å². The molecule has 1 aromatic heterocycles. The van der Waals surface area contributed by atoms with Gasteiger partial charge in [0.1, 0.15) is 12.4 Å². The number of anilines is 1. The van der Waals surface area contributed by atoms with Gasteiger partial charge in [0.05, 0.1) is 42.5 Å². The lowest BCUT2D eigenvalue weighted by atomic mass is 9.69. The van der Waals surface area contributed by atoms with E-state index < -0.39 is 15.9 Å². The standard InChI is InChI=1S/C40H50ClN5O7S/c1-50-19-17-44-13-15-45(16-14-44)18-20-51-37-10-7-32-22-38(47)43-54(48,49)33-8-11-36-35(23-33)46(24-29-4-5-30(29)25-52-39(37)42-32)26-40(27-53-36)12-2-3-28-21-31(41)6-9-34(28)40/h6-11,21,23,29-30H,2-5,12-20,22,24-27H2,1H3,(H,43,47)/t29-,30+,40-/m0/s1. The Labute approximate surface area is 323 Å². The average Bonchev–Trinajstić information content (AvgIpc) is 3.30. The molecule has 12 nitrogen and oxygen atoms in total. The zero-order chi connectivity index (χ0) is 37.3. The molecule has 1 amide bonds. The molecule has 1 N–H and O–H groups in total. The third kappa shape index (κ3) is 8.02. The maximum atomic E-state index is 13.7. The third-order valence-corrected chi connectivity index (χ3v) is 13.6. The average molecular weight is 780 g/mol. The number of hydrogen-bond acceptors (Lipinski definition) is 11. The molecular formula is C40H50ClN5O7S. The first-order valence-corrected chi connectivity index (χ1v) is 21.1. The molecular weight excluding hydrogens is 730 g/mol. The Kier molecular flexibility index (Phi) is 11.0. The summed E-state index contributed by atoms with van der Waals surface area (Å²) in [5.41, 5.74) is 3.31. The number of nitrogens with one attached hydrogen (secondary N) is 1. The van der Waals surface area contributed by atoms with Gasteiger partial charge < -0.3 is 23.8 Å². The summed E-state index contributed by atoms with van der Waals surface area (Å²) in [6.07, 6.45) is 4.72. The van der Waals surface area contributed by atoms with E-state index in [0.29, 0.717) is 61.9 Å². The van der Waals surface area contributed by atoms with Crippen LogP contribution in [0.15, 0.2) is 53.4 Å². The topological polar surface area (TPSA) is 123 Å². The number of carbonyl (C=O) groups is 1. The van der Waals surface area contributed by atoms with Crippen molar-refractivity contribution < 1.29 is 32.2 Å². The summed E-state index contributed by atoms with van der Waals surface area (Å²) in [5.74, 6) is 1.38. The monoisotopic (exact) mass is 779 g/mol. The lowest BCUT2D eigenvalue weighted by Crippen LogP contribution is -2.49. The van der Waals surface area contributed by atoms with Gasteiger partial charge in [-0.1, -0.05) is 17.7 Å². The number of aryl methyl sites for hydroxylation is 1. The summed E-state index contributed by atoms with van der Waals surface area (Å²) in [6, 6.07) is 14.6. The number of methoxy groups -OCH3 is 1. The molecule has 1 saturated carbocycles. The van der Waals surface area contributed by atoms with Gasteiger partial charge in [0.15, 0.2) is 5.75 Å². The number of pyridine rings is 1. The van der Waals surface area contributed by atoms with Crippen molar-refractivity contribution in [1.29, 1.82) is 0 Å². The van der Waals surface area contributed by atoms with Crippen LogP contribution < -0.4 is 23.8 Å². The van der Waals surface area contributed by atoms with Gasteiger partial charge in [-0.15, -0.1) is 0 Å². The molecule has 2 aliphatic carbocycles. The molecule has 3 aromatic rings. The summed E-state index contributed by atoms with van der Waals surface area (Å²) >= 11 is 6.45. The fourth-order valence-electron chi connectivity index (χ4n) is 8.76. The van der Waals surface area contributed by atoms with Crippen molar-refractivity contribution in [1.82, 2.24) is 19.5 Å². The lowest BCUT2D eigenvalue weighted by molar-refractivity contribution is -0.118. The molecule has 3 aliphatic heterocycles. The highest BCUT2D eigenvalue weighted by molar-refractivity contribution is 7.90. The summed E-state index contributed by atoms with van der Waals surface area (Å²) in [4.78, 5) is 25.1. The number of amides is 1. The van der Waals surface area contributed by atoms with Crippen LogP contribution in [0.3, 0.4) is 0 Å². The van der Waals surface area contributed by atoms with Crippen LogP contribution in [0.5, 0.6) is 17.4 Å². The van der Waals surface area contributed by atoms with Crippen molar-refractivity contribution in [3.05, 3.63) is 70.4 Å². The van der Waals surface area contributed by atoms with Crippen molar-refractivity contribution >= 4 is 33.2 Å². The molecule has 0 unspecified atom stereocenters. The second kappa shape index (κ2) is 15.9. The molecule has 54 heavy (non-hydrogen) atoms. The molecule has 1 spiro atoms. The Balaban J connectivity index is 1.04. The van der Waals surface area contributed by atoms with E-state index in [1.807, 2.05) is 6.07 Å². The number of hydrogen-bond donors (Lipinski definition) is 1. The Morgan fingerprint density at radius 2 is 1.78 bits per heavy atom. The van der Waals surface area contributed by atoms with Crippen molar-refractivity contribution in [2.45, 2.75) is 48.8 Å². The molecule has 3 atom stereocenters. The first-order valence-electron chi connectivity index (χ1n) is 19.2. The number of sulfonamides is 1. The molecule has 290 valence electrons. The number of ether oxygens (including phenoxy) is 4. The van der Waals surface area contributed by atoms with Crippen molar-refractivity contribution in [2.75, 3.05) is 90.8 Å². The van der Waals surface area contributed by atoms with Crippen molar-refractivity contribution in [2.24, 2.45) is 11.8 Å². The number of aromatic nitrogens is 1. The van der Waals surface area contributed by atoms with Crippen LogP contribution in [-0.2, 0) is 37.8 Å². The number of piperazine rings is 1. The summed E-state index contributed by atoms with van der Waals surface area (Å²) in [6.45, 7) is 9.14. The Morgan fingerprint density at radius 3 is 2.56 bits per heavy atom. The molecule has 4 heterocycles. The van der Waals surface area contributed by atoms with Crippen LogP contribution in [0.4, 0.5) is 5.69 Å². The summed E-state index contributed by atoms with van der Waals surface area (Å²) < 4.78 is 54.2. The Morgan fingerprint density at radius 1 is 0.981 bits per heavy atom. The fourth-order valence-corrected chi connectivity index (χ4v) is 9.95. The van der Waals surface area contributed by atoms with Crippen LogP contribution in [0, 0.1) is 11.8 Å². The molecule has 4 bridgehead atoms. The second-order valence-electron chi connectivity index (χ2n) is 15.5. The van der Waals surface area contributed by atoms with Crippen LogP contribution >= 0.6 is 11.6 Å². The van der Waals surface area contributed by atoms with E-state index in [9.17, 15) is 13.2 Å². The van der Waals surface area contributed by atoms with Gasteiger partial charge in [0, 0.05) is 69.9 Å². The number of benzene rings is 2. The zero-order valence-electron chi connectivity index (χ0n) is 30.9. The van der Waals surface area contributed by atoms with E-state index in [2.05, 4.69) is 36.5 Å². The minimum atomic E-state index is -4.20. The predicted molar refractivity (Wildman–Crippen MR) is 205 cm³/mol. The molecule has 2 fully saturated rings. The third-order valence-electron chi connectivity index (χ3n) is 12.0. The highest BCUT2D eigenvalue weighted by Gasteiger charge is 2.44. The number of carbonyl (C=O) groups excluding carboxylic acids is 1. The zero-order valence-corrected chi connectivity index (χ0v) is 32.5. The number of rotatable bonds is 7. The quantitative estimate of drug-likeness (QED) is 0.369. The highest BCUT2D eigenvalue weighted by atomic mass is 35.5. The first kappa shape index (κ1) is 37.3. The van der Waals surface area contributed by atoms with Crippen LogP contribution in [0.25, 0.3) is 0 Å². The van der Waals surface area contributed by atoms with Crippen molar-refractivity contribution in [3.8, 4) is 17.4 Å². The largest absolute Gasteiger partial charge is 0.490 e. The summed E-state index contributed by atoms with van der Waals surface area (Å²) in [7, 11) is -2.46. The van der Waals surface area contributed by atoms with Gasteiger partial charge in [-0.3, -0.25) is 14.6 Å². The SMILES string of the molecule is COCCN1CCN(CCOc2ccc3nc2OC[C@H]2CC[C@H]2CN2C[C@@]4(CCCc5cc(Cl)ccc54)COc4ccc(cc42)S(=O)(=O)NC(=O)C3)CC1. The molecule has 8 rings (SSSR count). The number of fused-ring (bicyclic) bond motifs is 6. The van der Waals surface area contributed by atoms with Crippen molar-refractivity contribution in [3.63, 3.8) is 0 Å². The van der Waals surface area contributed by atoms with E-state index in [1.165, 1.54) is 17.2 Å². The molecule has 14 heteroatoms. The molecule has 1 saturated heterocycles. The molecule has 5 aliphatic rings. The van der Waals surface area contributed by atoms with Crippen LogP contribution in [-0.4, -0.2) is 115 Å². The lowest BCUT2D eigenvalue weighted by Gasteiger charge is -2.44. The maximum Gasteiger partial charge on any atom is 0.264 e. The van der Waals surface area contributed by atoms with Gasteiger partial charge in [0.2, 0.25) is 5.91 Å². The van der Waals surface area contributed by atoms with Gasteiger partial charge >= 0.3 is 0 Å². The second-order valence-corrected chi connectivity index (χ2v) is 17.6. The maximum absolute atomic E-state index is 13.7. The van der Waals surface area contributed by atoms with Crippen LogP contribution in [0.1, 0.15) is 42.5 Å². The highest BCUT2D eigenvalue weighted by Crippen LogP contribution is 2.46. The molecule has 2 aromatic carbocycles. The minimum absolute atomic E-state index is 0.0179. The van der Waals surface area contributed by atoms with Crippen LogP contribution in [0.2, 0.25) is 5.02 Å². The van der Waals surface area contributed by atoms with E-state index >= 15 is 0 Å². The Bertz CT molecular complexity index is 1960. The van der Waals surface area contributed by atoms with E-state index in [-0.39, 0.29) is 22.6 Å². The van der Waals surface area contributed by atoms with Gasteiger partial charge in [-0.05, 0) is 97.5 Å². The summed E-state index contributed by atoms with van der Waals surface area (Å²) in [5, 5.41) is 0.726. The predicted octanol–water partition coefficient (Wildman–Crippen LogP) is 4.32. The van der Waals surface area contributed by atoms with E-state index in [1.54, 1.807) is 31.4 Å². The first-order chi connectivity index (χ1) is 26.2. The Hall–Kier alpha value is -3.62. The van der Waals surface area contributed by atoms with E-state index in [0.717, 1.165) is 88.7 Å². The fraction of sp³-hybridized carbons (Fsp3) is 0.550. The smallest absolute Gasteiger partial charge is 0.264 e. The minimum Gasteiger partial charge on any atom is -0.490 e. The van der Waals surface area contributed by atoms with Gasteiger partial charge in [-0.2, -0.15) is 0 Å². The normalized spacial score (nSPS) is 25.6. The number of halogens is 1. The van der Waals surface area contributed by atoms with Gasteiger partial charge in [0.25, 0.3) is 15.9 Å².